The Bertz CT molecular complexity index is 1160. The first-order chi connectivity index (χ1) is 15.1. The Morgan fingerprint density at radius 2 is 1.90 bits per heavy atom. The predicted molar refractivity (Wildman–Crippen MR) is 115 cm³/mol. The van der Waals surface area contributed by atoms with Crippen LogP contribution in [0.1, 0.15) is 32.0 Å². The van der Waals surface area contributed by atoms with E-state index in [9.17, 15) is 8.42 Å². The van der Waals surface area contributed by atoms with Crippen LogP contribution in [0.2, 0.25) is 0 Å². The van der Waals surface area contributed by atoms with Gasteiger partial charge in [-0.25, -0.2) is 8.42 Å². The maximum Gasteiger partial charge on any atom is 0.243 e. The number of pyridine rings is 1. The van der Waals surface area contributed by atoms with Gasteiger partial charge < -0.3 is 9.30 Å². The summed E-state index contributed by atoms with van der Waals surface area (Å²) in [5.74, 6) is 2.26. The Balaban J connectivity index is 1.44. The summed E-state index contributed by atoms with van der Waals surface area (Å²) >= 11 is 0. The molecule has 0 spiro atoms. The minimum Gasteiger partial charge on any atom is -0.494 e. The number of rotatable bonds is 6. The third-order valence-electron chi connectivity index (χ3n) is 5.98. The lowest BCUT2D eigenvalue weighted by atomic mass is 10.1. The van der Waals surface area contributed by atoms with Crippen molar-refractivity contribution in [3.05, 3.63) is 54.6 Å². The standard InChI is InChI=1S/C22H25N5O3S/c1-2-12-30-19-7-9-20(10-8-19)31(28,29)27-17-5-6-18(27)15-26-21(13-17)24-25-22(26)16-4-3-11-23-14-16/h3-4,7-11,14,17-18H,2,5-6,12-13,15H2,1H3/t17-,18+/m0/s1. The van der Waals surface area contributed by atoms with E-state index in [2.05, 4.69) is 19.7 Å². The smallest absolute Gasteiger partial charge is 0.243 e. The van der Waals surface area contributed by atoms with Crippen LogP contribution < -0.4 is 4.74 Å². The second-order valence-corrected chi connectivity index (χ2v) is 9.88. The largest absolute Gasteiger partial charge is 0.494 e. The molecule has 31 heavy (non-hydrogen) atoms. The highest BCUT2D eigenvalue weighted by Crippen LogP contribution is 2.37. The summed E-state index contributed by atoms with van der Waals surface area (Å²) in [6.07, 6.45) is 6.60. The molecule has 0 radical (unpaired) electrons. The summed E-state index contributed by atoms with van der Waals surface area (Å²) < 4.78 is 36.5. The van der Waals surface area contributed by atoms with Crippen molar-refractivity contribution in [3.63, 3.8) is 0 Å². The number of hydrogen-bond donors (Lipinski definition) is 0. The molecule has 162 valence electrons. The van der Waals surface area contributed by atoms with E-state index in [0.717, 1.165) is 36.5 Å². The van der Waals surface area contributed by atoms with E-state index >= 15 is 0 Å². The molecule has 0 N–H and O–H groups in total. The molecule has 0 amide bonds. The number of aromatic nitrogens is 4. The number of sulfonamides is 1. The van der Waals surface area contributed by atoms with Gasteiger partial charge in [-0.3, -0.25) is 4.98 Å². The third-order valence-corrected chi connectivity index (χ3v) is 8.00. The first-order valence-corrected chi connectivity index (χ1v) is 12.1. The normalized spacial score (nSPS) is 20.9. The monoisotopic (exact) mass is 439 g/mol. The quantitative estimate of drug-likeness (QED) is 0.587. The third kappa shape index (κ3) is 3.61. The fourth-order valence-corrected chi connectivity index (χ4v) is 6.41. The van der Waals surface area contributed by atoms with Gasteiger partial charge in [0.15, 0.2) is 5.82 Å². The Kier molecular flexibility index (Phi) is 5.23. The highest BCUT2D eigenvalue weighted by atomic mass is 32.2. The van der Waals surface area contributed by atoms with Crippen LogP contribution in [0.4, 0.5) is 0 Å². The number of ether oxygens (including phenoxy) is 1. The fourth-order valence-electron chi connectivity index (χ4n) is 4.55. The van der Waals surface area contributed by atoms with Gasteiger partial charge in [-0.2, -0.15) is 4.31 Å². The van der Waals surface area contributed by atoms with Crippen LogP contribution in [0.25, 0.3) is 11.4 Å². The van der Waals surface area contributed by atoms with Crippen LogP contribution in [0.5, 0.6) is 5.75 Å². The topological polar surface area (TPSA) is 90.2 Å². The molecule has 9 heteroatoms. The zero-order valence-electron chi connectivity index (χ0n) is 17.4. The molecule has 2 aromatic heterocycles. The Labute approximate surface area is 181 Å². The lowest BCUT2D eigenvalue weighted by molar-refractivity contribution is 0.314. The predicted octanol–water partition coefficient (Wildman–Crippen LogP) is 2.91. The van der Waals surface area contributed by atoms with Crippen LogP contribution in [-0.2, 0) is 23.0 Å². The van der Waals surface area contributed by atoms with E-state index in [1.54, 1.807) is 41.0 Å². The fraction of sp³-hybridized carbons (Fsp3) is 0.409. The van der Waals surface area contributed by atoms with Gasteiger partial charge in [-0.1, -0.05) is 6.92 Å². The molecule has 3 aromatic rings. The lowest BCUT2D eigenvalue weighted by Gasteiger charge is -2.27. The van der Waals surface area contributed by atoms with Gasteiger partial charge in [-0.05, 0) is 55.7 Å². The number of nitrogens with zero attached hydrogens (tertiary/aromatic N) is 5. The zero-order chi connectivity index (χ0) is 21.4. The minimum absolute atomic E-state index is 0.113. The lowest BCUT2D eigenvalue weighted by Crippen LogP contribution is -2.42. The van der Waals surface area contributed by atoms with Crippen LogP contribution in [0, 0.1) is 0 Å². The highest BCUT2D eigenvalue weighted by Gasteiger charge is 2.45. The van der Waals surface area contributed by atoms with Crippen molar-refractivity contribution in [3.8, 4) is 17.1 Å². The molecule has 2 aliphatic heterocycles. The van der Waals surface area contributed by atoms with E-state index < -0.39 is 10.0 Å². The average molecular weight is 440 g/mol. The molecule has 0 unspecified atom stereocenters. The molecule has 4 heterocycles. The first-order valence-electron chi connectivity index (χ1n) is 10.7. The SMILES string of the molecule is CCCOc1ccc(S(=O)(=O)N2[C@@H]3CC[C@H]2Cc2nnc(-c4cccnc4)n2C3)cc1. The molecule has 2 aliphatic rings. The van der Waals surface area contributed by atoms with Crippen molar-refractivity contribution in [2.75, 3.05) is 6.61 Å². The Morgan fingerprint density at radius 3 is 2.65 bits per heavy atom. The second-order valence-electron chi connectivity index (χ2n) is 8.04. The molecule has 0 aliphatic carbocycles. The summed E-state index contributed by atoms with van der Waals surface area (Å²) in [5, 5.41) is 8.77. The Hall–Kier alpha value is -2.78. The first kappa shape index (κ1) is 20.1. The number of benzene rings is 1. The van der Waals surface area contributed by atoms with Crippen molar-refractivity contribution in [1.29, 1.82) is 0 Å². The molecular formula is C22H25N5O3S. The van der Waals surface area contributed by atoms with Crippen LogP contribution in [0.15, 0.2) is 53.7 Å². The summed E-state index contributed by atoms with van der Waals surface area (Å²) in [6, 6.07) is 10.3. The van der Waals surface area contributed by atoms with Gasteiger partial charge in [0.2, 0.25) is 10.0 Å². The molecule has 0 saturated carbocycles. The molecule has 2 bridgehead atoms. The Morgan fingerprint density at radius 1 is 1.10 bits per heavy atom. The van der Waals surface area contributed by atoms with Crippen molar-refractivity contribution < 1.29 is 13.2 Å². The van der Waals surface area contributed by atoms with Gasteiger partial charge in [0.1, 0.15) is 11.6 Å². The van der Waals surface area contributed by atoms with Gasteiger partial charge in [0.05, 0.1) is 11.5 Å². The second kappa shape index (κ2) is 8.05. The molecule has 1 saturated heterocycles. The van der Waals surface area contributed by atoms with Gasteiger partial charge in [-0.15, -0.1) is 10.2 Å². The van der Waals surface area contributed by atoms with E-state index in [0.29, 0.717) is 30.2 Å². The minimum atomic E-state index is -3.63. The van der Waals surface area contributed by atoms with E-state index in [1.807, 2.05) is 19.1 Å². The molecule has 1 fully saturated rings. The van der Waals surface area contributed by atoms with Crippen molar-refractivity contribution in [2.24, 2.45) is 0 Å². The molecule has 5 rings (SSSR count). The van der Waals surface area contributed by atoms with Crippen LogP contribution in [0.3, 0.4) is 0 Å². The average Bonchev–Trinajstić information content (AvgIpc) is 3.32. The van der Waals surface area contributed by atoms with Gasteiger partial charge in [0.25, 0.3) is 0 Å². The molecule has 2 atom stereocenters. The highest BCUT2D eigenvalue weighted by molar-refractivity contribution is 7.89. The van der Waals surface area contributed by atoms with E-state index in [4.69, 9.17) is 4.74 Å². The van der Waals surface area contributed by atoms with Crippen molar-refractivity contribution in [2.45, 2.75) is 56.1 Å². The van der Waals surface area contributed by atoms with Crippen LogP contribution in [-0.4, -0.2) is 51.2 Å². The van der Waals surface area contributed by atoms with Crippen molar-refractivity contribution in [1.82, 2.24) is 24.1 Å². The molecule has 1 aromatic carbocycles. The number of fused-ring (bicyclic) bond motifs is 3. The van der Waals surface area contributed by atoms with Crippen LogP contribution >= 0.6 is 0 Å². The van der Waals surface area contributed by atoms with Crippen molar-refractivity contribution >= 4 is 10.0 Å². The van der Waals surface area contributed by atoms with Gasteiger partial charge in [0, 0.05) is 43.0 Å². The number of hydrogen-bond acceptors (Lipinski definition) is 6. The summed E-state index contributed by atoms with van der Waals surface area (Å²) in [4.78, 5) is 4.49. The van der Waals surface area contributed by atoms with Gasteiger partial charge >= 0.3 is 0 Å². The van der Waals surface area contributed by atoms with E-state index in [-0.39, 0.29) is 12.1 Å². The maximum absolute atomic E-state index is 13.6. The maximum atomic E-state index is 13.6. The molecular weight excluding hydrogens is 414 g/mol. The molecule has 8 nitrogen and oxygen atoms in total. The zero-order valence-corrected chi connectivity index (χ0v) is 18.2. The summed E-state index contributed by atoms with van der Waals surface area (Å²) in [5.41, 5.74) is 0.885. The summed E-state index contributed by atoms with van der Waals surface area (Å²) in [7, 11) is -3.63. The summed E-state index contributed by atoms with van der Waals surface area (Å²) in [6.45, 7) is 3.19. The van der Waals surface area contributed by atoms with E-state index in [1.165, 1.54) is 0 Å².